The van der Waals surface area contributed by atoms with Crippen molar-refractivity contribution in [3.63, 3.8) is 0 Å². The number of carbonyl (C=O) groups is 1. The first-order valence-electron chi connectivity index (χ1n) is 7.59. The number of rotatable bonds is 4. The molecular formula is C20H16N2O2. The van der Waals surface area contributed by atoms with E-state index in [1.165, 1.54) is 0 Å². The molecule has 0 fully saturated rings. The third-order valence-corrected chi connectivity index (χ3v) is 3.88. The molecular weight excluding hydrogens is 300 g/mol. The number of ether oxygens (including phenoxy) is 1. The Balaban J connectivity index is 1.95. The van der Waals surface area contributed by atoms with Crippen molar-refractivity contribution in [3.05, 3.63) is 83.4 Å². The summed E-state index contributed by atoms with van der Waals surface area (Å²) >= 11 is 0. The van der Waals surface area contributed by atoms with Crippen LogP contribution in [0.25, 0.3) is 11.8 Å². The van der Waals surface area contributed by atoms with Gasteiger partial charge in [0.25, 0.3) is 0 Å². The molecule has 4 heteroatoms. The molecule has 0 spiro atoms. The molecule has 4 nitrogen and oxygen atoms in total. The predicted octanol–water partition coefficient (Wildman–Crippen LogP) is 3.13. The van der Waals surface area contributed by atoms with Crippen molar-refractivity contribution in [2.75, 3.05) is 0 Å². The maximum atomic E-state index is 11.9. The van der Waals surface area contributed by atoms with Gasteiger partial charge in [0.1, 0.15) is 17.8 Å². The molecule has 1 amide bonds. The largest absolute Gasteiger partial charge is 0.483 e. The molecule has 3 rings (SSSR count). The van der Waals surface area contributed by atoms with E-state index >= 15 is 0 Å². The monoisotopic (exact) mass is 316 g/mol. The van der Waals surface area contributed by atoms with Gasteiger partial charge in [-0.05, 0) is 11.6 Å². The summed E-state index contributed by atoms with van der Waals surface area (Å²) in [5.74, 6) is -0.935. The molecule has 0 bridgehead atoms. The van der Waals surface area contributed by atoms with Gasteiger partial charge in [0.15, 0.2) is 0 Å². The quantitative estimate of drug-likeness (QED) is 0.941. The van der Waals surface area contributed by atoms with Crippen LogP contribution in [-0.2, 0) is 9.53 Å². The summed E-state index contributed by atoms with van der Waals surface area (Å²) in [4.78, 5) is 11.9. The number of nitrogens with two attached hydrogens (primary N) is 1. The first kappa shape index (κ1) is 15.6. The average Bonchev–Trinajstić information content (AvgIpc) is 3.00. The zero-order chi connectivity index (χ0) is 16.9. The van der Waals surface area contributed by atoms with E-state index in [1.807, 2.05) is 66.7 Å². The lowest BCUT2D eigenvalue weighted by atomic mass is 9.93. The number of benzene rings is 2. The van der Waals surface area contributed by atoms with Crippen LogP contribution in [0.1, 0.15) is 11.1 Å². The number of primary amides is 1. The summed E-state index contributed by atoms with van der Waals surface area (Å²) in [6.07, 6.45) is 3.05. The summed E-state index contributed by atoms with van der Waals surface area (Å²) in [5.41, 5.74) is 7.54. The molecule has 2 atom stereocenters. The van der Waals surface area contributed by atoms with Gasteiger partial charge in [0.05, 0.1) is 11.6 Å². The van der Waals surface area contributed by atoms with Crippen molar-refractivity contribution in [1.29, 1.82) is 5.26 Å². The van der Waals surface area contributed by atoms with E-state index in [4.69, 9.17) is 10.5 Å². The maximum absolute atomic E-state index is 11.9. The first-order valence-corrected chi connectivity index (χ1v) is 7.59. The molecule has 0 aliphatic carbocycles. The Morgan fingerprint density at radius 2 is 1.71 bits per heavy atom. The molecule has 0 aromatic heterocycles. The van der Waals surface area contributed by atoms with Crippen molar-refractivity contribution in [2.45, 2.75) is 6.10 Å². The fourth-order valence-corrected chi connectivity index (χ4v) is 2.73. The summed E-state index contributed by atoms with van der Waals surface area (Å²) in [7, 11) is 0. The van der Waals surface area contributed by atoms with Gasteiger partial charge in [-0.2, -0.15) is 5.26 Å². The minimum absolute atomic E-state index is 0.274. The van der Waals surface area contributed by atoms with Gasteiger partial charge in [0, 0.05) is 5.56 Å². The van der Waals surface area contributed by atoms with Crippen LogP contribution in [0.2, 0.25) is 0 Å². The van der Waals surface area contributed by atoms with Crippen molar-refractivity contribution < 1.29 is 9.53 Å². The van der Waals surface area contributed by atoms with Gasteiger partial charge in [-0.1, -0.05) is 66.7 Å². The molecule has 118 valence electrons. The topological polar surface area (TPSA) is 76.1 Å². The third kappa shape index (κ3) is 3.06. The third-order valence-electron chi connectivity index (χ3n) is 3.88. The van der Waals surface area contributed by atoms with Crippen LogP contribution in [0.4, 0.5) is 0 Å². The molecule has 2 aromatic rings. The normalized spacial score (nSPS) is 20.0. The number of hydrogen-bond donors (Lipinski definition) is 1. The van der Waals surface area contributed by atoms with Crippen molar-refractivity contribution >= 4 is 17.7 Å². The minimum Gasteiger partial charge on any atom is -0.483 e. The molecule has 0 radical (unpaired) electrons. The van der Waals surface area contributed by atoms with E-state index < -0.39 is 17.9 Å². The van der Waals surface area contributed by atoms with Crippen molar-refractivity contribution in [2.24, 2.45) is 11.7 Å². The number of carbonyl (C=O) groups excluding carboxylic acids is 1. The molecule has 0 saturated heterocycles. The Morgan fingerprint density at radius 3 is 2.29 bits per heavy atom. The Labute approximate surface area is 140 Å². The molecule has 1 aliphatic rings. The second kappa shape index (κ2) is 6.84. The van der Waals surface area contributed by atoms with Gasteiger partial charge >= 0.3 is 0 Å². The standard InChI is InChI=1S/C20H16N2O2/c21-13-16-18(20(22)23)17(12-11-14-7-3-1-4-8-14)24-19(16)15-9-5-2-6-10-15/h1-12,17-18H,(H2,22,23)/b12-11+/t17-,18+/m1/s1. The molecule has 2 aromatic carbocycles. The number of hydrogen-bond acceptors (Lipinski definition) is 3. The van der Waals surface area contributed by atoms with Crippen molar-refractivity contribution in [3.8, 4) is 6.07 Å². The summed E-state index contributed by atoms with van der Waals surface area (Å²) < 4.78 is 5.92. The number of amides is 1. The molecule has 0 saturated carbocycles. The van der Waals surface area contributed by atoms with E-state index in [9.17, 15) is 10.1 Å². The van der Waals surface area contributed by atoms with E-state index in [0.717, 1.165) is 11.1 Å². The Bertz CT molecular complexity index is 833. The van der Waals surface area contributed by atoms with E-state index in [1.54, 1.807) is 6.08 Å². The van der Waals surface area contributed by atoms with Crippen LogP contribution < -0.4 is 5.73 Å². The second-order valence-corrected chi connectivity index (χ2v) is 5.45. The maximum Gasteiger partial charge on any atom is 0.229 e. The fourth-order valence-electron chi connectivity index (χ4n) is 2.73. The average molecular weight is 316 g/mol. The fraction of sp³-hybridized carbons (Fsp3) is 0.100. The van der Waals surface area contributed by atoms with Crippen LogP contribution in [0.5, 0.6) is 0 Å². The summed E-state index contributed by atoms with van der Waals surface area (Å²) in [5, 5.41) is 9.50. The van der Waals surface area contributed by atoms with E-state index in [0.29, 0.717) is 5.76 Å². The van der Waals surface area contributed by atoms with Gasteiger partial charge in [-0.15, -0.1) is 0 Å². The Kier molecular flexibility index (Phi) is 4.44. The summed E-state index contributed by atoms with van der Waals surface area (Å²) in [6.45, 7) is 0. The number of nitriles is 1. The van der Waals surface area contributed by atoms with Crippen molar-refractivity contribution in [1.82, 2.24) is 0 Å². The van der Waals surface area contributed by atoms with Gasteiger partial charge < -0.3 is 10.5 Å². The van der Waals surface area contributed by atoms with Crippen LogP contribution >= 0.6 is 0 Å². The SMILES string of the molecule is N#CC1=C(c2ccccc2)O[C@H](/C=C/c2ccccc2)[C@H]1C(N)=O. The zero-order valence-corrected chi connectivity index (χ0v) is 12.9. The van der Waals surface area contributed by atoms with Crippen LogP contribution in [0.15, 0.2) is 72.3 Å². The van der Waals surface area contributed by atoms with Crippen LogP contribution in [0, 0.1) is 17.2 Å². The van der Waals surface area contributed by atoms with E-state index in [-0.39, 0.29) is 5.57 Å². The van der Waals surface area contributed by atoms with Crippen LogP contribution in [0.3, 0.4) is 0 Å². The van der Waals surface area contributed by atoms with Gasteiger partial charge in [-0.25, -0.2) is 0 Å². The van der Waals surface area contributed by atoms with Crippen LogP contribution in [-0.4, -0.2) is 12.0 Å². The van der Waals surface area contributed by atoms with Gasteiger partial charge in [0.2, 0.25) is 5.91 Å². The highest BCUT2D eigenvalue weighted by Crippen LogP contribution is 2.37. The lowest BCUT2D eigenvalue weighted by Gasteiger charge is -2.13. The molecule has 0 unspecified atom stereocenters. The summed E-state index contributed by atoms with van der Waals surface area (Å²) in [6, 6.07) is 21.0. The highest BCUT2D eigenvalue weighted by Gasteiger charge is 2.39. The second-order valence-electron chi connectivity index (χ2n) is 5.45. The predicted molar refractivity (Wildman–Crippen MR) is 92.0 cm³/mol. The molecule has 2 N–H and O–H groups in total. The zero-order valence-electron chi connectivity index (χ0n) is 12.9. The highest BCUT2D eigenvalue weighted by atomic mass is 16.5. The number of nitrogens with zero attached hydrogens (tertiary/aromatic N) is 1. The molecule has 1 heterocycles. The Hall–Kier alpha value is -3.32. The van der Waals surface area contributed by atoms with Gasteiger partial charge in [-0.3, -0.25) is 4.79 Å². The smallest absolute Gasteiger partial charge is 0.229 e. The highest BCUT2D eigenvalue weighted by molar-refractivity contribution is 5.87. The lowest BCUT2D eigenvalue weighted by Crippen LogP contribution is -2.31. The first-order chi connectivity index (χ1) is 11.7. The molecule has 1 aliphatic heterocycles. The van der Waals surface area contributed by atoms with E-state index in [2.05, 4.69) is 6.07 Å². The molecule has 24 heavy (non-hydrogen) atoms. The minimum atomic E-state index is -0.787. The lowest BCUT2D eigenvalue weighted by molar-refractivity contribution is -0.121. The Morgan fingerprint density at radius 1 is 1.08 bits per heavy atom.